The maximum absolute atomic E-state index is 11.6. The predicted molar refractivity (Wildman–Crippen MR) is 83.4 cm³/mol. The molecule has 0 saturated carbocycles. The van der Waals surface area contributed by atoms with E-state index in [0.29, 0.717) is 34.6 Å². The van der Waals surface area contributed by atoms with Crippen LogP contribution in [0.2, 0.25) is 0 Å². The van der Waals surface area contributed by atoms with Crippen molar-refractivity contribution in [2.24, 2.45) is 0 Å². The second kappa shape index (κ2) is 7.49. The van der Waals surface area contributed by atoms with Gasteiger partial charge in [0.05, 0.1) is 26.5 Å². The first-order valence-corrected chi connectivity index (χ1v) is 6.70. The highest BCUT2D eigenvalue weighted by Crippen LogP contribution is 2.37. The summed E-state index contributed by atoms with van der Waals surface area (Å²) in [5.74, 6) is 0.166. The number of ketones is 1. The standard InChI is InChI=1S/C16H21NO5/c1-9(2)16(19)22-7-6-11-13(20-4)8-12(10(3)18)14(17)15(11)21-5/h8H,1,6-7,17H2,2-5H3. The lowest BCUT2D eigenvalue weighted by molar-refractivity contribution is -0.138. The Morgan fingerprint density at radius 1 is 1.23 bits per heavy atom. The minimum absolute atomic E-state index is 0.122. The molecular weight excluding hydrogens is 286 g/mol. The van der Waals surface area contributed by atoms with Crippen molar-refractivity contribution in [3.05, 3.63) is 29.3 Å². The summed E-state index contributed by atoms with van der Waals surface area (Å²) >= 11 is 0. The number of nitrogen functional groups attached to an aromatic ring is 1. The molecule has 0 aliphatic heterocycles. The Balaban J connectivity index is 3.12. The molecule has 0 saturated heterocycles. The lowest BCUT2D eigenvalue weighted by atomic mass is 10.0. The number of methoxy groups -OCH3 is 2. The summed E-state index contributed by atoms with van der Waals surface area (Å²) < 4.78 is 15.7. The molecular formula is C16H21NO5. The van der Waals surface area contributed by atoms with Crippen LogP contribution in [0.1, 0.15) is 29.8 Å². The van der Waals surface area contributed by atoms with Gasteiger partial charge in [0.1, 0.15) is 11.5 Å². The maximum Gasteiger partial charge on any atom is 0.333 e. The fourth-order valence-corrected chi connectivity index (χ4v) is 2.01. The van der Waals surface area contributed by atoms with Crippen LogP contribution in [0.25, 0.3) is 0 Å². The number of anilines is 1. The van der Waals surface area contributed by atoms with Crippen LogP contribution in [-0.4, -0.2) is 32.6 Å². The molecule has 6 nitrogen and oxygen atoms in total. The van der Waals surface area contributed by atoms with Crippen molar-refractivity contribution < 1.29 is 23.8 Å². The molecule has 0 radical (unpaired) electrons. The van der Waals surface area contributed by atoms with E-state index in [0.717, 1.165) is 0 Å². The first-order chi connectivity index (χ1) is 10.3. The summed E-state index contributed by atoms with van der Waals surface area (Å²) in [4.78, 5) is 23.0. The molecule has 0 aromatic heterocycles. The number of benzene rings is 1. The first kappa shape index (κ1) is 17.6. The molecule has 120 valence electrons. The average Bonchev–Trinajstić information content (AvgIpc) is 2.46. The van der Waals surface area contributed by atoms with Gasteiger partial charge in [0.2, 0.25) is 0 Å². The van der Waals surface area contributed by atoms with Crippen LogP contribution in [0.3, 0.4) is 0 Å². The van der Waals surface area contributed by atoms with E-state index in [2.05, 4.69) is 6.58 Å². The Kier molecular flexibility index (Phi) is 5.98. The van der Waals surface area contributed by atoms with E-state index in [9.17, 15) is 9.59 Å². The van der Waals surface area contributed by atoms with E-state index in [1.54, 1.807) is 13.0 Å². The quantitative estimate of drug-likeness (QED) is 0.359. The van der Waals surface area contributed by atoms with Crippen molar-refractivity contribution in [2.45, 2.75) is 20.3 Å². The van der Waals surface area contributed by atoms with E-state index in [-0.39, 0.29) is 18.1 Å². The van der Waals surface area contributed by atoms with Crippen LogP contribution in [0, 0.1) is 0 Å². The van der Waals surface area contributed by atoms with E-state index in [1.807, 2.05) is 0 Å². The highest BCUT2D eigenvalue weighted by Gasteiger charge is 2.20. The molecule has 1 aromatic rings. The van der Waals surface area contributed by atoms with Gasteiger partial charge in [-0.15, -0.1) is 0 Å². The van der Waals surface area contributed by atoms with E-state index in [4.69, 9.17) is 19.9 Å². The minimum atomic E-state index is -0.466. The molecule has 1 rings (SSSR count). The van der Waals surface area contributed by atoms with Crippen molar-refractivity contribution in [2.75, 3.05) is 26.6 Å². The van der Waals surface area contributed by atoms with Crippen LogP contribution in [0.4, 0.5) is 5.69 Å². The number of carbonyl (C=O) groups excluding carboxylic acids is 2. The molecule has 6 heteroatoms. The normalized spacial score (nSPS) is 10.0. The Morgan fingerprint density at radius 2 is 1.86 bits per heavy atom. The molecule has 0 aliphatic rings. The molecule has 0 spiro atoms. The van der Waals surface area contributed by atoms with Gasteiger partial charge < -0.3 is 19.9 Å². The first-order valence-electron chi connectivity index (χ1n) is 6.70. The van der Waals surface area contributed by atoms with E-state index < -0.39 is 5.97 Å². The summed E-state index contributed by atoms with van der Waals surface area (Å²) in [7, 11) is 2.94. The average molecular weight is 307 g/mol. The highest BCUT2D eigenvalue weighted by atomic mass is 16.5. The van der Waals surface area contributed by atoms with Gasteiger partial charge in [-0.05, 0) is 19.9 Å². The topological polar surface area (TPSA) is 87.9 Å². The summed E-state index contributed by atoms with van der Waals surface area (Å²) in [5, 5.41) is 0. The molecule has 0 aliphatic carbocycles. The van der Waals surface area contributed by atoms with Crippen LogP contribution in [0.15, 0.2) is 18.2 Å². The number of hydrogen-bond donors (Lipinski definition) is 1. The van der Waals surface area contributed by atoms with Crippen molar-refractivity contribution in [3.63, 3.8) is 0 Å². The molecule has 0 unspecified atom stereocenters. The number of ether oxygens (including phenoxy) is 3. The van der Waals surface area contributed by atoms with Crippen molar-refractivity contribution in [3.8, 4) is 11.5 Å². The summed E-state index contributed by atoms with van der Waals surface area (Å²) in [6.07, 6.45) is 0.341. The second-order valence-corrected chi connectivity index (χ2v) is 4.77. The summed E-state index contributed by atoms with van der Waals surface area (Å²) in [5.41, 5.74) is 7.52. The molecule has 22 heavy (non-hydrogen) atoms. The van der Waals surface area contributed by atoms with Crippen molar-refractivity contribution in [1.82, 2.24) is 0 Å². The Morgan fingerprint density at radius 3 is 2.32 bits per heavy atom. The monoisotopic (exact) mass is 307 g/mol. The Labute approximate surface area is 129 Å². The molecule has 0 bridgehead atoms. The summed E-state index contributed by atoms with van der Waals surface area (Å²) in [6, 6.07) is 1.57. The third-order valence-corrected chi connectivity index (χ3v) is 3.12. The molecule has 1 aromatic carbocycles. The van der Waals surface area contributed by atoms with E-state index >= 15 is 0 Å². The number of carbonyl (C=O) groups is 2. The third kappa shape index (κ3) is 3.78. The fraction of sp³-hybridized carbons (Fsp3) is 0.375. The van der Waals surface area contributed by atoms with Crippen LogP contribution >= 0.6 is 0 Å². The minimum Gasteiger partial charge on any atom is -0.496 e. The van der Waals surface area contributed by atoms with Gasteiger partial charge in [-0.3, -0.25) is 4.79 Å². The van der Waals surface area contributed by atoms with Gasteiger partial charge in [-0.25, -0.2) is 4.79 Å². The zero-order chi connectivity index (χ0) is 16.9. The van der Waals surface area contributed by atoms with Crippen LogP contribution in [0.5, 0.6) is 11.5 Å². The fourth-order valence-electron chi connectivity index (χ4n) is 2.01. The third-order valence-electron chi connectivity index (χ3n) is 3.12. The van der Waals surface area contributed by atoms with Gasteiger partial charge in [0.25, 0.3) is 0 Å². The molecule has 0 fully saturated rings. The van der Waals surface area contributed by atoms with Gasteiger partial charge >= 0.3 is 5.97 Å². The molecule has 0 atom stereocenters. The van der Waals surface area contributed by atoms with Crippen molar-refractivity contribution in [1.29, 1.82) is 0 Å². The smallest absolute Gasteiger partial charge is 0.333 e. The second-order valence-electron chi connectivity index (χ2n) is 4.77. The van der Waals surface area contributed by atoms with E-state index in [1.165, 1.54) is 21.1 Å². The number of rotatable bonds is 7. The Hall–Kier alpha value is -2.50. The van der Waals surface area contributed by atoms with Crippen LogP contribution in [-0.2, 0) is 16.0 Å². The number of Topliss-reactive ketones (excluding diaryl/α,β-unsaturated/α-hetero) is 1. The molecule has 2 N–H and O–H groups in total. The summed E-state index contributed by atoms with van der Waals surface area (Å²) in [6.45, 7) is 6.62. The Bertz CT molecular complexity index is 607. The molecule has 0 amide bonds. The van der Waals surface area contributed by atoms with Crippen LogP contribution < -0.4 is 15.2 Å². The van der Waals surface area contributed by atoms with Gasteiger partial charge in [-0.2, -0.15) is 0 Å². The number of hydrogen-bond acceptors (Lipinski definition) is 6. The highest BCUT2D eigenvalue weighted by molar-refractivity contribution is 6.01. The predicted octanol–water partition coefficient (Wildman–Crippen LogP) is 2.15. The largest absolute Gasteiger partial charge is 0.496 e. The maximum atomic E-state index is 11.6. The molecule has 0 heterocycles. The zero-order valence-electron chi connectivity index (χ0n) is 13.3. The number of esters is 1. The lowest BCUT2D eigenvalue weighted by Crippen LogP contribution is -2.11. The lowest BCUT2D eigenvalue weighted by Gasteiger charge is -2.17. The van der Waals surface area contributed by atoms with Gasteiger partial charge in [-0.1, -0.05) is 6.58 Å². The van der Waals surface area contributed by atoms with Crippen molar-refractivity contribution >= 4 is 17.4 Å². The number of nitrogens with two attached hydrogens (primary N) is 1. The SMILES string of the molecule is C=C(C)C(=O)OCCc1c(OC)cc(C(C)=O)c(N)c1OC. The zero-order valence-corrected chi connectivity index (χ0v) is 13.3. The van der Waals surface area contributed by atoms with Gasteiger partial charge in [0, 0.05) is 23.1 Å². The van der Waals surface area contributed by atoms with Gasteiger partial charge in [0.15, 0.2) is 5.78 Å².